The summed E-state index contributed by atoms with van der Waals surface area (Å²) >= 11 is 5.79. The van der Waals surface area contributed by atoms with E-state index >= 15 is 0 Å². The van der Waals surface area contributed by atoms with E-state index in [2.05, 4.69) is 10.6 Å². The number of pyridine rings is 1. The summed E-state index contributed by atoms with van der Waals surface area (Å²) in [4.78, 5) is 37.1. The number of likely N-dealkylation sites (N-methyl/N-ethyl adjacent to an activating group) is 1. The number of aliphatic hydroxyl groups excluding tert-OH is 1. The van der Waals surface area contributed by atoms with Crippen molar-refractivity contribution in [1.29, 1.82) is 0 Å². The van der Waals surface area contributed by atoms with Crippen LogP contribution in [0, 0.1) is 6.92 Å². The molecule has 1 unspecified atom stereocenters. The largest absolute Gasteiger partial charge is 0.394 e. The van der Waals surface area contributed by atoms with Crippen LogP contribution in [0.1, 0.15) is 41.1 Å². The molecule has 0 aliphatic heterocycles. The van der Waals surface area contributed by atoms with Crippen LogP contribution >= 0.6 is 11.6 Å². The standard InChI is InChI=1S/C24H28ClN3O4/c1-16-11-13-28(21(15-29)23(31)26-3)24(32)20(16)6-4-5-12-27-22(30)17(2)19-9-7-18(14-25)8-10-19/h4-13,17,21,29H,14-15H2,1-3H3,(H,26,31)(H,27,30)/b6-4-,12-5+/t17?,21-/m1/s1. The highest BCUT2D eigenvalue weighted by Gasteiger charge is 2.20. The van der Waals surface area contributed by atoms with Gasteiger partial charge in [0, 0.05) is 30.9 Å². The summed E-state index contributed by atoms with van der Waals surface area (Å²) in [7, 11) is 1.44. The van der Waals surface area contributed by atoms with Gasteiger partial charge >= 0.3 is 0 Å². The molecule has 0 saturated carbocycles. The van der Waals surface area contributed by atoms with E-state index in [1.807, 2.05) is 31.2 Å². The number of nitrogens with zero attached hydrogens (tertiary/aromatic N) is 1. The minimum absolute atomic E-state index is 0.164. The van der Waals surface area contributed by atoms with Crippen LogP contribution in [0.15, 0.2) is 59.7 Å². The average molecular weight is 458 g/mol. The minimum atomic E-state index is -1.00. The zero-order chi connectivity index (χ0) is 23.7. The fourth-order valence-corrected chi connectivity index (χ4v) is 3.26. The Kier molecular flexibility index (Phi) is 9.43. The molecule has 2 rings (SSSR count). The second-order valence-electron chi connectivity index (χ2n) is 7.26. The number of halogens is 1. The Balaban J connectivity index is 2.08. The fraction of sp³-hybridized carbons (Fsp3) is 0.292. The maximum Gasteiger partial charge on any atom is 0.258 e. The van der Waals surface area contributed by atoms with Crippen molar-refractivity contribution in [1.82, 2.24) is 15.2 Å². The Labute approximate surface area is 192 Å². The third-order valence-electron chi connectivity index (χ3n) is 5.16. The smallest absolute Gasteiger partial charge is 0.258 e. The zero-order valence-corrected chi connectivity index (χ0v) is 19.1. The molecule has 0 aliphatic carbocycles. The molecule has 170 valence electrons. The van der Waals surface area contributed by atoms with Gasteiger partial charge in [-0.3, -0.25) is 14.4 Å². The Morgan fingerprint density at radius 3 is 2.44 bits per heavy atom. The zero-order valence-electron chi connectivity index (χ0n) is 18.3. The molecular formula is C24H28ClN3O4. The van der Waals surface area contributed by atoms with E-state index in [-0.39, 0.29) is 11.8 Å². The second kappa shape index (κ2) is 12.0. The predicted molar refractivity (Wildman–Crippen MR) is 126 cm³/mol. The molecule has 2 atom stereocenters. The lowest BCUT2D eigenvalue weighted by Crippen LogP contribution is -2.38. The maximum absolute atomic E-state index is 12.8. The van der Waals surface area contributed by atoms with Gasteiger partial charge in [-0.1, -0.05) is 30.3 Å². The van der Waals surface area contributed by atoms with Crippen LogP contribution in [0.25, 0.3) is 6.08 Å². The number of nitrogens with one attached hydrogen (secondary N) is 2. The summed E-state index contributed by atoms with van der Waals surface area (Å²) in [6.45, 7) is 3.10. The van der Waals surface area contributed by atoms with Crippen molar-refractivity contribution < 1.29 is 14.7 Å². The van der Waals surface area contributed by atoms with Gasteiger partial charge in [0.15, 0.2) is 0 Å². The molecule has 7 nitrogen and oxygen atoms in total. The van der Waals surface area contributed by atoms with Crippen LogP contribution in [0.2, 0.25) is 0 Å². The SMILES string of the molecule is CNC(=O)[C@@H](CO)n1ccc(C)c(/C=C\C=C\NC(=O)C(C)c2ccc(CCl)cc2)c1=O. The molecule has 8 heteroatoms. The van der Waals surface area contributed by atoms with E-state index in [1.54, 1.807) is 31.2 Å². The molecular weight excluding hydrogens is 430 g/mol. The number of carbonyl (C=O) groups excluding carboxylic acids is 2. The van der Waals surface area contributed by atoms with Crippen molar-refractivity contribution in [2.24, 2.45) is 0 Å². The first-order valence-corrected chi connectivity index (χ1v) is 10.7. The molecule has 32 heavy (non-hydrogen) atoms. The number of amides is 2. The predicted octanol–water partition coefficient (Wildman–Crippen LogP) is 2.62. The van der Waals surface area contributed by atoms with E-state index in [0.29, 0.717) is 11.4 Å². The van der Waals surface area contributed by atoms with Crippen molar-refractivity contribution >= 4 is 29.5 Å². The van der Waals surface area contributed by atoms with Crippen LogP contribution in [0.3, 0.4) is 0 Å². The molecule has 0 radical (unpaired) electrons. The summed E-state index contributed by atoms with van der Waals surface area (Å²) in [5.74, 6) is -0.532. The van der Waals surface area contributed by atoms with Crippen molar-refractivity contribution in [3.05, 3.63) is 87.5 Å². The lowest BCUT2D eigenvalue weighted by atomic mass is 9.99. The molecule has 0 saturated heterocycles. The Morgan fingerprint density at radius 1 is 1.16 bits per heavy atom. The number of hydrogen-bond donors (Lipinski definition) is 3. The topological polar surface area (TPSA) is 100 Å². The highest BCUT2D eigenvalue weighted by Crippen LogP contribution is 2.17. The van der Waals surface area contributed by atoms with Gasteiger partial charge in [0.1, 0.15) is 6.04 Å². The molecule has 2 aromatic rings. The monoisotopic (exact) mass is 457 g/mol. The van der Waals surface area contributed by atoms with Gasteiger partial charge in [-0.25, -0.2) is 0 Å². The van der Waals surface area contributed by atoms with Crippen molar-refractivity contribution in [3.63, 3.8) is 0 Å². The third-order valence-corrected chi connectivity index (χ3v) is 5.46. The molecule has 3 N–H and O–H groups in total. The number of rotatable bonds is 9. The Morgan fingerprint density at radius 2 is 1.84 bits per heavy atom. The number of allylic oxidation sites excluding steroid dienone is 2. The van der Waals surface area contributed by atoms with E-state index in [1.165, 1.54) is 24.0 Å². The average Bonchev–Trinajstić information content (AvgIpc) is 2.81. The molecule has 1 aromatic carbocycles. The third kappa shape index (κ3) is 6.18. The number of alkyl halides is 1. The lowest BCUT2D eigenvalue weighted by molar-refractivity contribution is -0.125. The first-order chi connectivity index (χ1) is 15.3. The second-order valence-corrected chi connectivity index (χ2v) is 7.53. The molecule has 1 aromatic heterocycles. The number of hydrogen-bond acceptors (Lipinski definition) is 4. The first kappa shape index (κ1) is 25.1. The molecule has 0 fully saturated rings. The number of benzene rings is 1. The van der Waals surface area contributed by atoms with Gasteiger partial charge in [0.05, 0.1) is 12.5 Å². The Bertz CT molecular complexity index is 1060. The van der Waals surface area contributed by atoms with Crippen molar-refractivity contribution in [2.75, 3.05) is 13.7 Å². The van der Waals surface area contributed by atoms with Crippen LogP contribution in [0.5, 0.6) is 0 Å². The molecule has 0 spiro atoms. The van der Waals surface area contributed by atoms with Gasteiger partial charge in [-0.2, -0.15) is 0 Å². The van der Waals surface area contributed by atoms with Crippen LogP contribution in [0.4, 0.5) is 0 Å². The summed E-state index contributed by atoms with van der Waals surface area (Å²) in [5, 5.41) is 14.7. The van der Waals surface area contributed by atoms with E-state index in [0.717, 1.165) is 16.7 Å². The number of aromatic nitrogens is 1. The van der Waals surface area contributed by atoms with Crippen LogP contribution in [-0.4, -0.2) is 35.1 Å². The van der Waals surface area contributed by atoms with Gasteiger partial charge in [0.25, 0.3) is 5.56 Å². The van der Waals surface area contributed by atoms with Crippen molar-refractivity contribution in [3.8, 4) is 0 Å². The van der Waals surface area contributed by atoms with Crippen molar-refractivity contribution in [2.45, 2.75) is 31.7 Å². The van der Waals surface area contributed by atoms with E-state index in [4.69, 9.17) is 11.6 Å². The maximum atomic E-state index is 12.8. The summed E-state index contributed by atoms with van der Waals surface area (Å²) < 4.78 is 1.20. The number of aryl methyl sites for hydroxylation is 1. The summed E-state index contributed by atoms with van der Waals surface area (Å²) in [6, 6.07) is 8.25. The normalized spacial score (nSPS) is 13.3. The summed E-state index contributed by atoms with van der Waals surface area (Å²) in [5.41, 5.74) is 2.59. The Hall–Kier alpha value is -3.16. The van der Waals surface area contributed by atoms with Gasteiger partial charge in [0.2, 0.25) is 11.8 Å². The first-order valence-electron chi connectivity index (χ1n) is 10.2. The minimum Gasteiger partial charge on any atom is -0.394 e. The van der Waals surface area contributed by atoms with E-state index in [9.17, 15) is 19.5 Å². The van der Waals surface area contributed by atoms with Crippen LogP contribution in [-0.2, 0) is 15.5 Å². The van der Waals surface area contributed by atoms with E-state index < -0.39 is 24.1 Å². The molecule has 2 amide bonds. The molecule has 0 aliphatic rings. The molecule has 1 heterocycles. The molecule has 0 bridgehead atoms. The van der Waals surface area contributed by atoms with Gasteiger partial charge in [-0.05, 0) is 48.8 Å². The summed E-state index contributed by atoms with van der Waals surface area (Å²) in [6.07, 6.45) is 7.83. The number of carbonyl (C=O) groups is 2. The number of aliphatic hydroxyl groups is 1. The highest BCUT2D eigenvalue weighted by atomic mass is 35.5. The quantitative estimate of drug-likeness (QED) is 0.398. The van der Waals surface area contributed by atoms with Gasteiger partial charge < -0.3 is 20.3 Å². The highest BCUT2D eigenvalue weighted by molar-refractivity contribution is 6.17. The van der Waals surface area contributed by atoms with Gasteiger partial charge in [-0.15, -0.1) is 11.6 Å². The lowest BCUT2D eigenvalue weighted by Gasteiger charge is -2.17. The van der Waals surface area contributed by atoms with Crippen LogP contribution < -0.4 is 16.2 Å². The fourth-order valence-electron chi connectivity index (χ4n) is 3.08.